The van der Waals surface area contributed by atoms with E-state index in [1.54, 1.807) is 4.90 Å². The highest BCUT2D eigenvalue weighted by atomic mass is 35.5. The minimum absolute atomic E-state index is 0.189. The third-order valence-corrected chi connectivity index (χ3v) is 5.06. The Bertz CT molecular complexity index is 831. The molecule has 1 aliphatic rings. The SMILES string of the molecule is Cc1cccc(N2CCN(C(=O)COC(=O)c3ccc(Cl)nc3)CC2)c1C. The molecule has 1 saturated heterocycles. The van der Waals surface area contributed by atoms with Crippen molar-refractivity contribution in [3.63, 3.8) is 0 Å². The zero-order valence-corrected chi connectivity index (χ0v) is 16.2. The number of pyridine rings is 1. The molecule has 0 aliphatic carbocycles. The molecular weight excluding hydrogens is 366 g/mol. The molecule has 27 heavy (non-hydrogen) atoms. The Morgan fingerprint density at radius 2 is 1.85 bits per heavy atom. The molecule has 6 nitrogen and oxygen atoms in total. The van der Waals surface area contributed by atoms with Crippen LogP contribution in [0.15, 0.2) is 36.5 Å². The molecule has 3 rings (SSSR count). The largest absolute Gasteiger partial charge is 0.452 e. The number of hydrogen-bond acceptors (Lipinski definition) is 5. The number of nitrogens with zero attached hydrogens (tertiary/aromatic N) is 3. The van der Waals surface area contributed by atoms with E-state index in [4.69, 9.17) is 16.3 Å². The first-order valence-electron chi connectivity index (χ1n) is 8.83. The average Bonchev–Trinajstić information content (AvgIpc) is 2.68. The number of piperazine rings is 1. The third kappa shape index (κ3) is 4.57. The van der Waals surface area contributed by atoms with E-state index in [1.807, 2.05) is 0 Å². The van der Waals surface area contributed by atoms with E-state index in [-0.39, 0.29) is 18.1 Å². The summed E-state index contributed by atoms with van der Waals surface area (Å²) >= 11 is 5.69. The van der Waals surface area contributed by atoms with Gasteiger partial charge in [-0.2, -0.15) is 0 Å². The minimum Gasteiger partial charge on any atom is -0.452 e. The van der Waals surface area contributed by atoms with Gasteiger partial charge in [0, 0.05) is 38.1 Å². The molecule has 1 aliphatic heterocycles. The van der Waals surface area contributed by atoms with E-state index >= 15 is 0 Å². The maximum Gasteiger partial charge on any atom is 0.340 e. The number of aromatic nitrogens is 1. The number of amides is 1. The van der Waals surface area contributed by atoms with Gasteiger partial charge in [-0.25, -0.2) is 9.78 Å². The predicted octanol–water partition coefficient (Wildman–Crippen LogP) is 2.86. The number of hydrogen-bond donors (Lipinski definition) is 0. The van der Waals surface area contributed by atoms with Gasteiger partial charge in [-0.3, -0.25) is 4.79 Å². The van der Waals surface area contributed by atoms with E-state index in [1.165, 1.54) is 35.1 Å². The topological polar surface area (TPSA) is 62.7 Å². The molecule has 0 atom stereocenters. The van der Waals surface area contributed by atoms with Crippen molar-refractivity contribution >= 4 is 29.2 Å². The van der Waals surface area contributed by atoms with Gasteiger partial charge in [-0.15, -0.1) is 0 Å². The first kappa shape index (κ1) is 19.2. The van der Waals surface area contributed by atoms with Crippen molar-refractivity contribution in [2.24, 2.45) is 0 Å². The summed E-state index contributed by atoms with van der Waals surface area (Å²) in [7, 11) is 0. The summed E-state index contributed by atoms with van der Waals surface area (Å²) in [5.41, 5.74) is 4.01. The fourth-order valence-electron chi connectivity index (χ4n) is 3.07. The molecular formula is C20H22ClN3O3. The zero-order chi connectivity index (χ0) is 19.4. The fourth-order valence-corrected chi connectivity index (χ4v) is 3.19. The molecule has 1 aromatic heterocycles. The van der Waals surface area contributed by atoms with Crippen molar-refractivity contribution in [1.29, 1.82) is 0 Å². The summed E-state index contributed by atoms with van der Waals surface area (Å²) in [4.78, 5) is 32.2. The zero-order valence-electron chi connectivity index (χ0n) is 15.4. The molecule has 2 aromatic rings. The molecule has 1 fully saturated rings. The number of carbonyl (C=O) groups excluding carboxylic acids is 2. The van der Waals surface area contributed by atoms with E-state index in [0.29, 0.717) is 18.2 Å². The fraction of sp³-hybridized carbons (Fsp3) is 0.350. The van der Waals surface area contributed by atoms with Crippen LogP contribution in [0.5, 0.6) is 0 Å². The average molecular weight is 388 g/mol. The quantitative estimate of drug-likeness (QED) is 0.596. The van der Waals surface area contributed by atoms with Gasteiger partial charge < -0.3 is 14.5 Å². The molecule has 0 radical (unpaired) electrons. The highest BCUT2D eigenvalue weighted by Crippen LogP contribution is 2.23. The molecule has 142 valence electrons. The molecule has 7 heteroatoms. The number of esters is 1. The number of aryl methyl sites for hydroxylation is 1. The van der Waals surface area contributed by atoms with Crippen molar-refractivity contribution in [2.75, 3.05) is 37.7 Å². The van der Waals surface area contributed by atoms with Crippen LogP contribution in [-0.2, 0) is 9.53 Å². The smallest absolute Gasteiger partial charge is 0.340 e. The monoisotopic (exact) mass is 387 g/mol. The first-order valence-corrected chi connectivity index (χ1v) is 9.21. The second-order valence-corrected chi connectivity index (χ2v) is 6.92. The Morgan fingerprint density at radius 1 is 1.11 bits per heavy atom. The Kier molecular flexibility index (Phi) is 5.96. The molecule has 2 heterocycles. The van der Waals surface area contributed by atoms with Crippen LogP contribution in [0.1, 0.15) is 21.5 Å². The highest BCUT2D eigenvalue weighted by molar-refractivity contribution is 6.29. The van der Waals surface area contributed by atoms with Gasteiger partial charge in [0.1, 0.15) is 5.15 Å². The number of halogens is 1. The van der Waals surface area contributed by atoms with Crippen molar-refractivity contribution in [1.82, 2.24) is 9.88 Å². The summed E-state index contributed by atoms with van der Waals surface area (Å²) in [6.45, 7) is 6.66. The van der Waals surface area contributed by atoms with E-state index in [9.17, 15) is 9.59 Å². The first-order chi connectivity index (χ1) is 13.0. The van der Waals surface area contributed by atoms with Crippen molar-refractivity contribution in [3.05, 3.63) is 58.4 Å². The van der Waals surface area contributed by atoms with Gasteiger partial charge in [0.2, 0.25) is 0 Å². The van der Waals surface area contributed by atoms with Crippen molar-refractivity contribution in [2.45, 2.75) is 13.8 Å². The number of carbonyl (C=O) groups is 2. The Balaban J connectivity index is 1.50. The molecule has 0 saturated carbocycles. The summed E-state index contributed by atoms with van der Waals surface area (Å²) < 4.78 is 5.10. The third-order valence-electron chi connectivity index (χ3n) is 4.84. The number of anilines is 1. The van der Waals surface area contributed by atoms with Crippen LogP contribution in [0.25, 0.3) is 0 Å². The Labute approximate surface area is 163 Å². The molecule has 0 bridgehead atoms. The summed E-state index contributed by atoms with van der Waals surface area (Å²) in [6.07, 6.45) is 1.33. The predicted molar refractivity (Wildman–Crippen MR) is 104 cm³/mol. The van der Waals surface area contributed by atoms with Gasteiger partial charge in [-0.1, -0.05) is 23.7 Å². The molecule has 1 amide bonds. The molecule has 0 spiro atoms. The van der Waals surface area contributed by atoms with Gasteiger partial charge in [0.05, 0.1) is 5.56 Å². The van der Waals surface area contributed by atoms with E-state index in [0.717, 1.165) is 13.1 Å². The van der Waals surface area contributed by atoms with Crippen LogP contribution < -0.4 is 4.90 Å². The highest BCUT2D eigenvalue weighted by Gasteiger charge is 2.23. The second-order valence-electron chi connectivity index (χ2n) is 6.53. The summed E-state index contributed by atoms with van der Waals surface area (Å²) in [6, 6.07) is 9.29. The minimum atomic E-state index is -0.582. The van der Waals surface area contributed by atoms with Crippen molar-refractivity contribution < 1.29 is 14.3 Å². The lowest BCUT2D eigenvalue weighted by atomic mass is 10.1. The summed E-state index contributed by atoms with van der Waals surface area (Å²) in [5.74, 6) is -0.771. The van der Waals surface area contributed by atoms with E-state index < -0.39 is 5.97 Å². The van der Waals surface area contributed by atoms with Crippen LogP contribution in [0.2, 0.25) is 5.15 Å². The van der Waals surface area contributed by atoms with Crippen LogP contribution in [0, 0.1) is 13.8 Å². The van der Waals surface area contributed by atoms with Gasteiger partial charge in [-0.05, 0) is 43.2 Å². The molecule has 0 N–H and O–H groups in total. The second kappa shape index (κ2) is 8.39. The normalized spacial score (nSPS) is 14.2. The number of ether oxygens (including phenoxy) is 1. The Hall–Kier alpha value is -2.60. The van der Waals surface area contributed by atoms with Crippen molar-refractivity contribution in [3.8, 4) is 0 Å². The van der Waals surface area contributed by atoms with Crippen LogP contribution >= 0.6 is 11.6 Å². The maximum absolute atomic E-state index is 12.3. The van der Waals surface area contributed by atoms with E-state index in [2.05, 4.69) is 41.9 Å². The van der Waals surface area contributed by atoms with Gasteiger partial charge in [0.15, 0.2) is 6.61 Å². The maximum atomic E-state index is 12.3. The molecule has 0 unspecified atom stereocenters. The van der Waals surface area contributed by atoms with Gasteiger partial charge >= 0.3 is 5.97 Å². The lowest BCUT2D eigenvalue weighted by Gasteiger charge is -2.37. The lowest BCUT2D eigenvalue weighted by Crippen LogP contribution is -2.50. The number of rotatable bonds is 4. The van der Waals surface area contributed by atoms with Crippen LogP contribution in [-0.4, -0.2) is 54.5 Å². The lowest BCUT2D eigenvalue weighted by molar-refractivity contribution is -0.134. The standard InChI is InChI=1S/C20H22ClN3O3/c1-14-4-3-5-17(15(14)2)23-8-10-24(11-9-23)19(25)13-27-20(26)16-6-7-18(21)22-12-16/h3-7,12H,8-11,13H2,1-2H3. The number of benzene rings is 1. The van der Waals surface area contributed by atoms with Crippen LogP contribution in [0.3, 0.4) is 0 Å². The Morgan fingerprint density at radius 3 is 2.52 bits per heavy atom. The van der Waals surface area contributed by atoms with Crippen LogP contribution in [0.4, 0.5) is 5.69 Å². The molecule has 1 aromatic carbocycles. The summed E-state index contributed by atoms with van der Waals surface area (Å²) in [5, 5.41) is 0.296. The van der Waals surface area contributed by atoms with Gasteiger partial charge in [0.25, 0.3) is 5.91 Å².